The van der Waals surface area contributed by atoms with E-state index in [4.69, 9.17) is 19.3 Å². The zero-order chi connectivity index (χ0) is 25.8. The van der Waals surface area contributed by atoms with Crippen molar-refractivity contribution in [1.82, 2.24) is 19.6 Å². The van der Waals surface area contributed by atoms with Crippen molar-refractivity contribution in [2.75, 3.05) is 47.0 Å². The normalized spacial score (nSPS) is 13.5. The highest BCUT2D eigenvalue weighted by Gasteiger charge is 2.29. The number of aromatic nitrogens is 2. The van der Waals surface area contributed by atoms with E-state index in [1.807, 2.05) is 44.2 Å². The molecule has 0 saturated carbocycles. The summed E-state index contributed by atoms with van der Waals surface area (Å²) in [7, 11) is 3.19. The molecule has 0 spiro atoms. The van der Waals surface area contributed by atoms with Crippen molar-refractivity contribution in [3.63, 3.8) is 0 Å². The molecule has 0 bridgehead atoms. The molecule has 1 saturated heterocycles. The van der Waals surface area contributed by atoms with Gasteiger partial charge in [0, 0.05) is 37.8 Å². The Morgan fingerprint density at radius 2 is 1.64 bits per heavy atom. The number of rotatable bonds is 6. The summed E-state index contributed by atoms with van der Waals surface area (Å²) >= 11 is 0. The Balaban J connectivity index is 1.73. The minimum Gasteiger partial charge on any atom is -0.497 e. The van der Waals surface area contributed by atoms with Gasteiger partial charge >= 0.3 is 6.09 Å². The van der Waals surface area contributed by atoms with Gasteiger partial charge in [0.15, 0.2) is 0 Å². The average Bonchev–Trinajstić information content (AvgIpc) is 3.34. The van der Waals surface area contributed by atoms with Gasteiger partial charge < -0.3 is 24.0 Å². The molecule has 0 unspecified atom stereocenters. The van der Waals surface area contributed by atoms with E-state index >= 15 is 0 Å². The van der Waals surface area contributed by atoms with Gasteiger partial charge in [0.25, 0.3) is 5.91 Å². The highest BCUT2D eigenvalue weighted by atomic mass is 16.6. The Morgan fingerprint density at radius 3 is 2.31 bits per heavy atom. The lowest BCUT2D eigenvalue weighted by molar-refractivity contribution is 0.0563. The van der Waals surface area contributed by atoms with E-state index in [-0.39, 0.29) is 12.0 Å². The Bertz CT molecular complexity index is 1260. The van der Waals surface area contributed by atoms with Gasteiger partial charge in [-0.1, -0.05) is 12.1 Å². The van der Waals surface area contributed by atoms with Crippen LogP contribution in [-0.2, 0) is 4.74 Å². The molecule has 1 aliphatic heterocycles. The molecule has 0 N–H and O–H groups in total. The second kappa shape index (κ2) is 10.7. The molecule has 0 aliphatic carbocycles. The van der Waals surface area contributed by atoms with Crippen molar-refractivity contribution in [3.05, 3.63) is 59.3 Å². The summed E-state index contributed by atoms with van der Waals surface area (Å²) in [5, 5.41) is 4.86. The summed E-state index contributed by atoms with van der Waals surface area (Å²) in [6, 6.07) is 13.4. The first kappa shape index (κ1) is 25.1. The van der Waals surface area contributed by atoms with Crippen LogP contribution in [0.2, 0.25) is 0 Å². The number of methoxy groups -OCH3 is 2. The lowest BCUT2D eigenvalue weighted by Gasteiger charge is -2.34. The summed E-state index contributed by atoms with van der Waals surface area (Å²) in [5.74, 6) is 1.12. The van der Waals surface area contributed by atoms with Crippen LogP contribution in [0.3, 0.4) is 0 Å². The zero-order valence-electron chi connectivity index (χ0n) is 21.4. The minimum atomic E-state index is -0.348. The average molecular weight is 493 g/mol. The van der Waals surface area contributed by atoms with Gasteiger partial charge in [-0.15, -0.1) is 0 Å². The molecule has 0 radical (unpaired) electrons. The molecule has 2 heterocycles. The third-order valence-electron chi connectivity index (χ3n) is 6.30. The van der Waals surface area contributed by atoms with Crippen LogP contribution in [0.25, 0.3) is 16.9 Å². The van der Waals surface area contributed by atoms with Crippen LogP contribution in [0.4, 0.5) is 4.79 Å². The molecule has 36 heavy (non-hydrogen) atoms. The number of carbonyl (C=O) groups is 2. The van der Waals surface area contributed by atoms with Gasteiger partial charge in [0.2, 0.25) is 0 Å². The fraction of sp³-hybridized carbons (Fsp3) is 0.370. The van der Waals surface area contributed by atoms with Crippen LogP contribution in [0.5, 0.6) is 11.5 Å². The summed E-state index contributed by atoms with van der Waals surface area (Å²) in [4.78, 5) is 29.2. The van der Waals surface area contributed by atoms with Gasteiger partial charge in [-0.2, -0.15) is 5.10 Å². The van der Waals surface area contributed by atoms with E-state index in [0.717, 1.165) is 22.4 Å². The van der Waals surface area contributed by atoms with Crippen molar-refractivity contribution < 1.29 is 23.8 Å². The first-order chi connectivity index (χ1) is 17.4. The zero-order valence-corrected chi connectivity index (χ0v) is 21.4. The van der Waals surface area contributed by atoms with Crippen LogP contribution in [0.1, 0.15) is 28.5 Å². The maximum absolute atomic E-state index is 13.8. The summed E-state index contributed by atoms with van der Waals surface area (Å²) in [6.07, 6.45) is -0.348. The number of piperazine rings is 1. The van der Waals surface area contributed by atoms with Gasteiger partial charge in [0.05, 0.1) is 32.2 Å². The first-order valence-electron chi connectivity index (χ1n) is 12.0. The summed E-state index contributed by atoms with van der Waals surface area (Å²) in [6.45, 7) is 7.77. The summed E-state index contributed by atoms with van der Waals surface area (Å²) < 4.78 is 17.7. The monoisotopic (exact) mass is 492 g/mol. The molecule has 9 heteroatoms. The van der Waals surface area contributed by atoms with E-state index in [2.05, 4.69) is 0 Å². The molecule has 190 valence electrons. The molecule has 0 atom stereocenters. The maximum atomic E-state index is 13.8. The van der Waals surface area contributed by atoms with E-state index in [1.54, 1.807) is 47.8 Å². The van der Waals surface area contributed by atoms with Crippen molar-refractivity contribution >= 4 is 12.0 Å². The number of carbonyl (C=O) groups excluding carboxylic acids is 2. The quantitative estimate of drug-likeness (QED) is 0.515. The highest BCUT2D eigenvalue weighted by molar-refractivity contribution is 5.95. The number of ether oxygens (including phenoxy) is 3. The number of nitrogens with zero attached hydrogens (tertiary/aromatic N) is 4. The second-order valence-corrected chi connectivity index (χ2v) is 8.66. The molecular formula is C27H32N4O5. The van der Waals surface area contributed by atoms with Crippen LogP contribution in [0, 0.1) is 13.8 Å². The minimum absolute atomic E-state index is 0.148. The molecule has 1 fully saturated rings. The standard InChI is InChI=1S/C27H32N4O5/c1-6-36-27(33)30-13-11-29(12-14-30)26(32)24-17-22(21-10-9-20(34-4)16-25(21)35-5)28-31(24)23-15-18(2)7-8-19(23)3/h7-10,15-17H,6,11-14H2,1-5H3. The topological polar surface area (TPSA) is 86.1 Å². The fourth-order valence-electron chi connectivity index (χ4n) is 4.28. The molecule has 2 amide bonds. The molecule has 3 aromatic rings. The van der Waals surface area contributed by atoms with Crippen LogP contribution >= 0.6 is 0 Å². The van der Waals surface area contributed by atoms with Crippen LogP contribution in [0.15, 0.2) is 42.5 Å². The molecule has 2 aromatic carbocycles. The number of benzene rings is 2. The van der Waals surface area contributed by atoms with Gasteiger partial charge in [-0.3, -0.25) is 4.79 Å². The third-order valence-corrected chi connectivity index (χ3v) is 6.30. The molecule has 9 nitrogen and oxygen atoms in total. The maximum Gasteiger partial charge on any atom is 0.409 e. The lowest BCUT2D eigenvalue weighted by Crippen LogP contribution is -2.51. The van der Waals surface area contributed by atoms with Crippen LogP contribution < -0.4 is 9.47 Å². The van der Waals surface area contributed by atoms with Gasteiger partial charge in [0.1, 0.15) is 17.2 Å². The van der Waals surface area contributed by atoms with E-state index in [0.29, 0.717) is 55.7 Å². The predicted molar refractivity (Wildman–Crippen MR) is 136 cm³/mol. The fourth-order valence-corrected chi connectivity index (χ4v) is 4.28. The van der Waals surface area contributed by atoms with Gasteiger partial charge in [-0.25, -0.2) is 9.48 Å². The Morgan fingerprint density at radius 1 is 0.917 bits per heavy atom. The van der Waals surface area contributed by atoms with Crippen LogP contribution in [-0.4, -0.2) is 78.6 Å². The lowest BCUT2D eigenvalue weighted by atomic mass is 10.1. The molecule has 4 rings (SSSR count). The largest absolute Gasteiger partial charge is 0.497 e. The van der Waals surface area contributed by atoms with E-state index in [9.17, 15) is 9.59 Å². The Labute approximate surface area is 211 Å². The van der Waals surface area contributed by atoms with E-state index < -0.39 is 0 Å². The smallest absolute Gasteiger partial charge is 0.409 e. The van der Waals surface area contributed by atoms with Crippen molar-refractivity contribution in [2.45, 2.75) is 20.8 Å². The Hall–Kier alpha value is -4.01. The number of amides is 2. The number of hydrogen-bond donors (Lipinski definition) is 0. The number of aryl methyl sites for hydroxylation is 2. The third kappa shape index (κ3) is 5.00. The van der Waals surface area contributed by atoms with Crippen molar-refractivity contribution in [1.29, 1.82) is 0 Å². The predicted octanol–water partition coefficient (Wildman–Crippen LogP) is 4.09. The first-order valence-corrected chi connectivity index (χ1v) is 12.0. The number of hydrogen-bond acceptors (Lipinski definition) is 6. The Kier molecular flexibility index (Phi) is 7.47. The second-order valence-electron chi connectivity index (χ2n) is 8.66. The molecule has 1 aliphatic rings. The van der Waals surface area contributed by atoms with Crippen molar-refractivity contribution in [3.8, 4) is 28.4 Å². The van der Waals surface area contributed by atoms with Gasteiger partial charge in [-0.05, 0) is 56.2 Å². The van der Waals surface area contributed by atoms with Crippen molar-refractivity contribution in [2.24, 2.45) is 0 Å². The molecular weight excluding hydrogens is 460 g/mol. The van der Waals surface area contributed by atoms with E-state index in [1.165, 1.54) is 0 Å². The molecule has 1 aromatic heterocycles. The summed E-state index contributed by atoms with van der Waals surface area (Å²) in [5.41, 5.74) is 4.71. The highest BCUT2D eigenvalue weighted by Crippen LogP contribution is 2.34. The SMILES string of the molecule is CCOC(=O)N1CCN(C(=O)c2cc(-c3ccc(OC)cc3OC)nn2-c2cc(C)ccc2C)CC1.